The van der Waals surface area contributed by atoms with Crippen molar-refractivity contribution in [2.45, 2.75) is 26.7 Å². The van der Waals surface area contributed by atoms with E-state index in [2.05, 4.69) is 18.0 Å². The molecule has 0 radical (unpaired) electrons. The van der Waals surface area contributed by atoms with Crippen LogP contribution in [0, 0.1) is 16.7 Å². The standard InChI is InChI=1S/C12H21N3O/c1-4-12(5-2,10-13)11(16)15-8-6-14(3)7-9-15/h4-9H2,1-3H3. The Labute approximate surface area is 97.8 Å². The zero-order valence-corrected chi connectivity index (χ0v) is 10.5. The summed E-state index contributed by atoms with van der Waals surface area (Å²) in [6.45, 7) is 7.14. The van der Waals surface area contributed by atoms with Gasteiger partial charge in [-0.05, 0) is 19.9 Å². The molecule has 16 heavy (non-hydrogen) atoms. The van der Waals surface area contributed by atoms with Gasteiger partial charge in [0.05, 0.1) is 6.07 Å². The van der Waals surface area contributed by atoms with Crippen LogP contribution in [0.2, 0.25) is 0 Å². The van der Waals surface area contributed by atoms with Crippen molar-refractivity contribution in [1.29, 1.82) is 5.26 Å². The summed E-state index contributed by atoms with van der Waals surface area (Å²) in [6, 6.07) is 2.22. The molecule has 0 aromatic carbocycles. The smallest absolute Gasteiger partial charge is 0.243 e. The molecule has 90 valence electrons. The van der Waals surface area contributed by atoms with Gasteiger partial charge in [-0.1, -0.05) is 13.8 Å². The lowest BCUT2D eigenvalue weighted by Gasteiger charge is -2.36. The van der Waals surface area contributed by atoms with Crippen LogP contribution < -0.4 is 0 Å². The molecule has 0 aromatic rings. The molecule has 0 saturated carbocycles. The second-order valence-electron chi connectivity index (χ2n) is 4.50. The van der Waals surface area contributed by atoms with Gasteiger partial charge in [-0.25, -0.2) is 0 Å². The average molecular weight is 223 g/mol. The molecule has 1 fully saturated rings. The van der Waals surface area contributed by atoms with Crippen molar-refractivity contribution in [3.05, 3.63) is 0 Å². The van der Waals surface area contributed by atoms with Crippen LogP contribution >= 0.6 is 0 Å². The molecule has 4 nitrogen and oxygen atoms in total. The van der Waals surface area contributed by atoms with Crippen LogP contribution in [0.5, 0.6) is 0 Å². The van der Waals surface area contributed by atoms with Crippen molar-refractivity contribution in [2.75, 3.05) is 33.2 Å². The van der Waals surface area contributed by atoms with Crippen molar-refractivity contribution < 1.29 is 4.79 Å². The molecule has 0 unspecified atom stereocenters. The van der Waals surface area contributed by atoms with Crippen LogP contribution in [0.25, 0.3) is 0 Å². The number of rotatable bonds is 3. The Bertz CT molecular complexity index is 283. The molecule has 1 aliphatic rings. The fraction of sp³-hybridized carbons (Fsp3) is 0.833. The number of amides is 1. The van der Waals surface area contributed by atoms with Crippen molar-refractivity contribution in [1.82, 2.24) is 9.80 Å². The third-order valence-corrected chi connectivity index (χ3v) is 3.62. The fourth-order valence-corrected chi connectivity index (χ4v) is 2.07. The van der Waals surface area contributed by atoms with Crippen molar-refractivity contribution in [2.24, 2.45) is 5.41 Å². The van der Waals surface area contributed by atoms with E-state index in [1.807, 2.05) is 18.7 Å². The molecule has 1 saturated heterocycles. The quantitative estimate of drug-likeness (QED) is 0.719. The van der Waals surface area contributed by atoms with E-state index in [-0.39, 0.29) is 5.91 Å². The normalized spacial score (nSPS) is 18.2. The molecule has 0 N–H and O–H groups in total. The number of hydrogen-bond donors (Lipinski definition) is 0. The Hall–Kier alpha value is -1.08. The summed E-state index contributed by atoms with van der Waals surface area (Å²) in [5, 5.41) is 9.22. The van der Waals surface area contributed by atoms with Crippen molar-refractivity contribution in [3.63, 3.8) is 0 Å². The highest BCUT2D eigenvalue weighted by Gasteiger charge is 2.38. The zero-order valence-electron chi connectivity index (χ0n) is 10.5. The summed E-state index contributed by atoms with van der Waals surface area (Å²) in [5.41, 5.74) is -0.796. The first-order valence-corrected chi connectivity index (χ1v) is 5.98. The number of carbonyl (C=O) groups excluding carboxylic acids is 1. The van der Waals surface area contributed by atoms with Gasteiger partial charge < -0.3 is 9.80 Å². The first-order chi connectivity index (χ1) is 7.59. The van der Waals surface area contributed by atoms with Crippen LogP contribution in [0.4, 0.5) is 0 Å². The van der Waals surface area contributed by atoms with Crippen LogP contribution in [0.3, 0.4) is 0 Å². The van der Waals surface area contributed by atoms with E-state index >= 15 is 0 Å². The van der Waals surface area contributed by atoms with Crippen LogP contribution in [0.15, 0.2) is 0 Å². The van der Waals surface area contributed by atoms with E-state index in [9.17, 15) is 10.1 Å². The molecule has 0 bridgehead atoms. The molecule has 0 atom stereocenters. The van der Waals surface area contributed by atoms with Crippen molar-refractivity contribution in [3.8, 4) is 6.07 Å². The Morgan fingerprint density at radius 3 is 2.12 bits per heavy atom. The summed E-state index contributed by atoms with van der Waals surface area (Å²) in [5.74, 6) is 0.0214. The minimum absolute atomic E-state index is 0.0214. The molecule has 4 heteroatoms. The van der Waals surface area contributed by atoms with Gasteiger partial charge in [0.2, 0.25) is 5.91 Å². The SMILES string of the molecule is CCC(C#N)(CC)C(=O)N1CCN(C)CC1. The van der Waals surface area contributed by atoms with Gasteiger partial charge in [-0.15, -0.1) is 0 Å². The number of carbonyl (C=O) groups is 1. The first kappa shape index (κ1) is 13.0. The minimum atomic E-state index is -0.796. The Morgan fingerprint density at radius 2 is 1.75 bits per heavy atom. The molecule has 0 spiro atoms. The van der Waals surface area contributed by atoms with E-state index < -0.39 is 5.41 Å². The summed E-state index contributed by atoms with van der Waals surface area (Å²) in [6.07, 6.45) is 1.20. The predicted octanol–water partition coefficient (Wildman–Crippen LogP) is 1.09. The highest BCUT2D eigenvalue weighted by Crippen LogP contribution is 2.28. The third kappa shape index (κ3) is 2.35. The monoisotopic (exact) mass is 223 g/mol. The maximum absolute atomic E-state index is 12.3. The number of nitriles is 1. The van der Waals surface area contributed by atoms with Gasteiger partial charge in [-0.2, -0.15) is 5.26 Å². The van der Waals surface area contributed by atoms with Crippen molar-refractivity contribution >= 4 is 5.91 Å². The van der Waals surface area contributed by atoms with E-state index in [0.29, 0.717) is 12.8 Å². The molecule has 1 amide bonds. The van der Waals surface area contributed by atoms with Gasteiger partial charge in [0.1, 0.15) is 5.41 Å². The van der Waals surface area contributed by atoms with E-state index in [0.717, 1.165) is 26.2 Å². The molecule has 1 heterocycles. The van der Waals surface area contributed by atoms with Crippen LogP contribution in [-0.4, -0.2) is 48.9 Å². The van der Waals surface area contributed by atoms with Crippen LogP contribution in [-0.2, 0) is 4.79 Å². The zero-order chi connectivity index (χ0) is 12.2. The molecule has 1 aliphatic heterocycles. The number of nitrogens with zero attached hydrogens (tertiary/aromatic N) is 3. The Balaban J connectivity index is 2.73. The van der Waals surface area contributed by atoms with Gasteiger partial charge in [0.25, 0.3) is 0 Å². The molecular formula is C12H21N3O. The maximum Gasteiger partial charge on any atom is 0.243 e. The topological polar surface area (TPSA) is 47.3 Å². The number of likely N-dealkylation sites (N-methyl/N-ethyl adjacent to an activating group) is 1. The van der Waals surface area contributed by atoms with Gasteiger partial charge in [0.15, 0.2) is 0 Å². The summed E-state index contributed by atoms with van der Waals surface area (Å²) in [7, 11) is 2.05. The first-order valence-electron chi connectivity index (χ1n) is 5.98. The molecule has 0 aromatic heterocycles. The van der Waals surface area contributed by atoms with E-state index in [4.69, 9.17) is 0 Å². The van der Waals surface area contributed by atoms with Gasteiger partial charge in [0, 0.05) is 26.2 Å². The highest BCUT2D eigenvalue weighted by molar-refractivity contribution is 5.85. The lowest BCUT2D eigenvalue weighted by atomic mass is 9.82. The Morgan fingerprint density at radius 1 is 1.25 bits per heavy atom. The summed E-state index contributed by atoms with van der Waals surface area (Å²) < 4.78 is 0. The maximum atomic E-state index is 12.3. The van der Waals surface area contributed by atoms with E-state index in [1.54, 1.807) is 0 Å². The molecule has 1 rings (SSSR count). The van der Waals surface area contributed by atoms with Crippen LogP contribution in [0.1, 0.15) is 26.7 Å². The predicted molar refractivity (Wildman–Crippen MR) is 62.7 cm³/mol. The lowest BCUT2D eigenvalue weighted by Crippen LogP contribution is -2.51. The van der Waals surface area contributed by atoms with E-state index in [1.165, 1.54) is 0 Å². The molecular weight excluding hydrogens is 202 g/mol. The second-order valence-corrected chi connectivity index (χ2v) is 4.50. The number of hydrogen-bond acceptors (Lipinski definition) is 3. The summed E-state index contributed by atoms with van der Waals surface area (Å²) >= 11 is 0. The average Bonchev–Trinajstić information content (AvgIpc) is 2.33. The minimum Gasteiger partial charge on any atom is -0.339 e. The van der Waals surface area contributed by atoms with Gasteiger partial charge in [-0.3, -0.25) is 4.79 Å². The number of piperazine rings is 1. The largest absolute Gasteiger partial charge is 0.339 e. The van der Waals surface area contributed by atoms with Gasteiger partial charge >= 0.3 is 0 Å². The fourth-order valence-electron chi connectivity index (χ4n) is 2.07. The molecule has 0 aliphatic carbocycles. The Kier molecular flexibility index (Phi) is 4.31. The summed E-state index contributed by atoms with van der Waals surface area (Å²) in [4.78, 5) is 16.4. The highest BCUT2D eigenvalue weighted by atomic mass is 16.2. The third-order valence-electron chi connectivity index (χ3n) is 3.62. The second kappa shape index (κ2) is 5.31. The lowest BCUT2D eigenvalue weighted by molar-refractivity contribution is -0.141.